The number of halogens is 1. The van der Waals surface area contributed by atoms with Gasteiger partial charge < -0.3 is 5.32 Å². The van der Waals surface area contributed by atoms with Crippen LogP contribution in [0.2, 0.25) is 5.02 Å². The molecule has 0 saturated carbocycles. The van der Waals surface area contributed by atoms with Crippen LogP contribution in [-0.2, 0) is 6.42 Å². The quantitative estimate of drug-likeness (QED) is 0.417. The second-order valence-electron chi connectivity index (χ2n) is 8.37. The minimum Gasteiger partial charge on any atom is -0.384 e. The summed E-state index contributed by atoms with van der Waals surface area (Å²) in [5, 5.41) is 14.4. The van der Waals surface area contributed by atoms with Gasteiger partial charge in [-0.15, -0.1) is 0 Å². The number of pyridine rings is 1. The topological polar surface area (TPSA) is 48.7 Å². The highest BCUT2D eigenvalue weighted by Gasteiger charge is 2.33. The van der Waals surface area contributed by atoms with E-state index in [4.69, 9.17) is 21.8 Å². The van der Waals surface area contributed by atoms with Gasteiger partial charge in [0.25, 0.3) is 0 Å². The van der Waals surface area contributed by atoms with Gasteiger partial charge in [0.05, 0.1) is 11.6 Å². The van der Waals surface area contributed by atoms with Crippen molar-refractivity contribution >= 4 is 28.2 Å². The summed E-state index contributed by atoms with van der Waals surface area (Å²) in [6.45, 7) is 3.23. The molecule has 1 aromatic carbocycles. The summed E-state index contributed by atoms with van der Waals surface area (Å²) in [6, 6.07) is 8.32. The number of nitrogens with one attached hydrogen (secondary N) is 1. The van der Waals surface area contributed by atoms with Crippen LogP contribution < -0.4 is 5.32 Å². The Morgan fingerprint density at radius 1 is 1.21 bits per heavy atom. The zero-order valence-electron chi connectivity index (χ0n) is 16.6. The molecule has 1 N–H and O–H groups in total. The molecule has 4 rings (SSSR count). The first-order valence-electron chi connectivity index (χ1n) is 10.6. The number of hydrogen-bond acceptors (Lipinski definition) is 3. The number of nitrogens with zero attached hydrogens (tertiary/aromatic N) is 2. The van der Waals surface area contributed by atoms with E-state index in [2.05, 4.69) is 30.5 Å². The molecule has 2 aliphatic carbocycles. The summed E-state index contributed by atoms with van der Waals surface area (Å²) in [4.78, 5) is 5.04. The fourth-order valence-electron chi connectivity index (χ4n) is 4.97. The Hall–Kier alpha value is -2.05. The predicted molar refractivity (Wildman–Crippen MR) is 117 cm³/mol. The fourth-order valence-corrected chi connectivity index (χ4v) is 5.14. The Kier molecular flexibility index (Phi) is 5.87. The van der Waals surface area contributed by atoms with E-state index in [0.29, 0.717) is 18.3 Å². The van der Waals surface area contributed by atoms with E-state index < -0.39 is 0 Å². The Morgan fingerprint density at radius 3 is 2.93 bits per heavy atom. The molecule has 2 bridgehead atoms. The molecule has 0 unspecified atom stereocenters. The lowest BCUT2D eigenvalue weighted by Gasteiger charge is -2.36. The molecule has 3 nitrogen and oxygen atoms in total. The van der Waals surface area contributed by atoms with Gasteiger partial charge in [0.15, 0.2) is 0 Å². The van der Waals surface area contributed by atoms with Crippen LogP contribution in [0.3, 0.4) is 0 Å². The molecule has 28 heavy (non-hydrogen) atoms. The lowest BCUT2D eigenvalue weighted by atomic mass is 9.71. The maximum absolute atomic E-state index is 8.66. The average molecular weight is 394 g/mol. The van der Waals surface area contributed by atoms with Gasteiger partial charge >= 0.3 is 0 Å². The molecule has 0 fully saturated rings. The van der Waals surface area contributed by atoms with Crippen molar-refractivity contribution < 1.29 is 0 Å². The van der Waals surface area contributed by atoms with Crippen molar-refractivity contribution in [2.24, 2.45) is 5.92 Å². The monoisotopic (exact) mass is 393 g/mol. The molecule has 0 spiro atoms. The van der Waals surface area contributed by atoms with E-state index in [0.717, 1.165) is 49.2 Å². The standard InChI is InChI=1S/C24H28ClN3/c1-16-11-17-13-18(12-16)23-22(14-17)28-21-15-19(25)7-8-20(21)24(23)27-10-6-4-2-3-5-9-26/h7-8,11,15,17-18H,2-6,10,12-14H2,1H3,(H,27,28)/t17-,18+/m0/s1. The summed E-state index contributed by atoms with van der Waals surface area (Å²) in [7, 11) is 0. The van der Waals surface area contributed by atoms with Crippen LogP contribution in [0.25, 0.3) is 10.9 Å². The molecule has 1 aromatic heterocycles. The van der Waals surface area contributed by atoms with Crippen LogP contribution >= 0.6 is 11.6 Å². The minimum absolute atomic E-state index is 0.574. The third-order valence-electron chi connectivity index (χ3n) is 6.12. The summed E-state index contributed by atoms with van der Waals surface area (Å²) in [5.41, 5.74) is 6.51. The molecule has 146 valence electrons. The van der Waals surface area contributed by atoms with Gasteiger partial charge in [-0.25, -0.2) is 0 Å². The van der Waals surface area contributed by atoms with Gasteiger partial charge in [-0.3, -0.25) is 4.98 Å². The van der Waals surface area contributed by atoms with Gasteiger partial charge in [-0.2, -0.15) is 5.26 Å². The summed E-state index contributed by atoms with van der Waals surface area (Å²) in [6.07, 6.45) is 11.0. The van der Waals surface area contributed by atoms with Gasteiger partial charge in [-0.05, 0) is 69.1 Å². The molecule has 2 aromatic rings. The predicted octanol–water partition coefficient (Wildman–Crippen LogP) is 6.77. The van der Waals surface area contributed by atoms with E-state index in [-0.39, 0.29) is 0 Å². The number of nitriles is 1. The van der Waals surface area contributed by atoms with Crippen LogP contribution in [0.5, 0.6) is 0 Å². The Labute approximate surface area is 172 Å². The summed E-state index contributed by atoms with van der Waals surface area (Å²) in [5.74, 6) is 1.20. The van der Waals surface area contributed by atoms with Gasteiger partial charge in [0, 0.05) is 40.3 Å². The lowest BCUT2D eigenvalue weighted by molar-refractivity contribution is 0.433. The molecule has 0 aliphatic heterocycles. The Balaban J connectivity index is 1.61. The van der Waals surface area contributed by atoms with Crippen LogP contribution in [0.1, 0.15) is 69.0 Å². The fraction of sp³-hybridized carbons (Fsp3) is 0.500. The summed E-state index contributed by atoms with van der Waals surface area (Å²) < 4.78 is 0. The smallest absolute Gasteiger partial charge is 0.0741 e. The number of fused-ring (bicyclic) bond motifs is 5. The molecule has 0 amide bonds. The van der Waals surface area contributed by atoms with Crippen molar-refractivity contribution in [1.29, 1.82) is 5.26 Å². The minimum atomic E-state index is 0.574. The van der Waals surface area contributed by atoms with Crippen molar-refractivity contribution in [3.8, 4) is 6.07 Å². The number of anilines is 1. The van der Waals surface area contributed by atoms with E-state index >= 15 is 0 Å². The van der Waals surface area contributed by atoms with E-state index in [1.807, 2.05) is 12.1 Å². The molecule has 2 atom stereocenters. The molecule has 2 aliphatic rings. The van der Waals surface area contributed by atoms with Gasteiger partial charge in [0.1, 0.15) is 0 Å². The van der Waals surface area contributed by atoms with Crippen LogP contribution in [0.15, 0.2) is 29.8 Å². The van der Waals surface area contributed by atoms with E-state index in [1.54, 1.807) is 0 Å². The molecular weight excluding hydrogens is 366 g/mol. The Bertz CT molecular complexity index is 941. The zero-order valence-corrected chi connectivity index (χ0v) is 17.4. The number of hydrogen-bond donors (Lipinski definition) is 1. The highest BCUT2D eigenvalue weighted by molar-refractivity contribution is 6.31. The van der Waals surface area contributed by atoms with E-state index in [9.17, 15) is 0 Å². The maximum atomic E-state index is 8.66. The SMILES string of the molecule is CC1=C[C@@H]2Cc3nc4cc(Cl)ccc4c(NCCCCCCC#N)c3[C@H](C1)C2. The number of allylic oxidation sites excluding steroid dienone is 2. The zero-order chi connectivity index (χ0) is 19.5. The molecule has 0 saturated heterocycles. The van der Waals surface area contributed by atoms with Gasteiger partial charge in [0.2, 0.25) is 0 Å². The lowest BCUT2D eigenvalue weighted by Crippen LogP contribution is -2.24. The Morgan fingerprint density at radius 2 is 2.07 bits per heavy atom. The first-order chi connectivity index (χ1) is 13.7. The molecular formula is C24H28ClN3. The van der Waals surface area contributed by atoms with Crippen molar-refractivity contribution in [2.45, 2.75) is 64.2 Å². The van der Waals surface area contributed by atoms with Crippen LogP contribution in [-0.4, -0.2) is 11.5 Å². The molecule has 0 radical (unpaired) electrons. The second-order valence-corrected chi connectivity index (χ2v) is 8.81. The second kappa shape index (κ2) is 8.53. The van der Waals surface area contributed by atoms with Crippen molar-refractivity contribution in [3.63, 3.8) is 0 Å². The molecule has 4 heteroatoms. The summed E-state index contributed by atoms with van der Waals surface area (Å²) >= 11 is 6.26. The van der Waals surface area contributed by atoms with Gasteiger partial charge in [-0.1, -0.05) is 36.1 Å². The van der Waals surface area contributed by atoms with E-state index in [1.165, 1.54) is 40.7 Å². The van der Waals surface area contributed by atoms with Crippen molar-refractivity contribution in [3.05, 3.63) is 46.1 Å². The van der Waals surface area contributed by atoms with Crippen LogP contribution in [0, 0.1) is 17.2 Å². The van der Waals surface area contributed by atoms with Crippen molar-refractivity contribution in [2.75, 3.05) is 11.9 Å². The number of benzene rings is 1. The highest BCUT2D eigenvalue weighted by atomic mass is 35.5. The van der Waals surface area contributed by atoms with Crippen LogP contribution in [0.4, 0.5) is 5.69 Å². The third kappa shape index (κ3) is 4.03. The van der Waals surface area contributed by atoms with Crippen molar-refractivity contribution in [1.82, 2.24) is 4.98 Å². The first kappa shape index (κ1) is 19.3. The number of rotatable bonds is 7. The normalized spacial score (nSPS) is 20.4. The largest absolute Gasteiger partial charge is 0.384 e. The number of unbranched alkanes of at least 4 members (excludes halogenated alkanes) is 4. The third-order valence-corrected chi connectivity index (χ3v) is 6.36. The first-order valence-corrected chi connectivity index (χ1v) is 10.9. The highest BCUT2D eigenvalue weighted by Crippen LogP contribution is 2.47. The average Bonchev–Trinajstić information content (AvgIpc) is 2.65. The number of aromatic nitrogens is 1. The molecule has 1 heterocycles. The maximum Gasteiger partial charge on any atom is 0.0741 e.